The Bertz CT molecular complexity index is 426. The first-order valence-electron chi connectivity index (χ1n) is 5.65. The molecule has 0 aromatic carbocycles. The summed E-state index contributed by atoms with van der Waals surface area (Å²) in [6.07, 6.45) is 1.31. The van der Waals surface area contributed by atoms with Gasteiger partial charge in [-0.3, -0.25) is 4.79 Å². The van der Waals surface area contributed by atoms with Gasteiger partial charge in [-0.1, -0.05) is 11.6 Å². The molecule has 7 heteroatoms. The average molecular weight is 273 g/mol. The molecule has 0 aliphatic carbocycles. The number of hydrogen-bond donors (Lipinski definition) is 1. The van der Waals surface area contributed by atoms with E-state index >= 15 is 0 Å². The first kappa shape index (κ1) is 14.5. The Morgan fingerprint density at radius 1 is 1.56 bits per heavy atom. The van der Waals surface area contributed by atoms with Crippen molar-refractivity contribution in [3.05, 3.63) is 11.5 Å². The van der Waals surface area contributed by atoms with Crippen molar-refractivity contribution in [2.75, 3.05) is 23.8 Å². The van der Waals surface area contributed by atoms with Crippen molar-refractivity contribution in [2.45, 2.75) is 26.8 Å². The molecule has 0 spiro atoms. The second-order valence-electron chi connectivity index (χ2n) is 3.93. The van der Waals surface area contributed by atoms with Gasteiger partial charge in [-0.15, -0.1) is 0 Å². The number of nitrogens with two attached hydrogens (primary N) is 1. The summed E-state index contributed by atoms with van der Waals surface area (Å²) in [6, 6.07) is 0.0303. The predicted molar refractivity (Wildman–Crippen MR) is 70.6 cm³/mol. The smallest absolute Gasteiger partial charge is 0.325 e. The molecule has 0 amide bonds. The van der Waals surface area contributed by atoms with Crippen molar-refractivity contribution in [1.29, 1.82) is 0 Å². The minimum atomic E-state index is -0.333. The van der Waals surface area contributed by atoms with E-state index in [2.05, 4.69) is 9.97 Å². The molecule has 0 fully saturated rings. The molecular weight excluding hydrogens is 256 g/mol. The molecule has 0 radical (unpaired) electrons. The van der Waals surface area contributed by atoms with Gasteiger partial charge in [-0.05, 0) is 20.8 Å². The number of hydrogen-bond acceptors (Lipinski definition) is 6. The molecule has 0 saturated heterocycles. The Balaban J connectivity index is 2.98. The van der Waals surface area contributed by atoms with Crippen LogP contribution in [0.1, 0.15) is 20.8 Å². The molecule has 6 nitrogen and oxygen atoms in total. The third-order valence-electron chi connectivity index (χ3n) is 2.31. The summed E-state index contributed by atoms with van der Waals surface area (Å²) in [5.74, 6) is 0.110. The topological polar surface area (TPSA) is 81.3 Å². The van der Waals surface area contributed by atoms with Crippen molar-refractivity contribution in [3.8, 4) is 0 Å². The second-order valence-corrected chi connectivity index (χ2v) is 4.29. The summed E-state index contributed by atoms with van der Waals surface area (Å²) in [6.45, 7) is 6.02. The number of halogens is 1. The minimum absolute atomic E-state index is 0.0303. The molecule has 2 N–H and O–H groups in total. The van der Waals surface area contributed by atoms with Gasteiger partial charge in [-0.25, -0.2) is 9.97 Å². The maximum absolute atomic E-state index is 11.5. The second kappa shape index (κ2) is 6.39. The van der Waals surface area contributed by atoms with Gasteiger partial charge in [0.1, 0.15) is 18.6 Å². The molecule has 0 aliphatic rings. The fraction of sp³-hybridized carbons (Fsp3) is 0.545. The van der Waals surface area contributed by atoms with Crippen LogP contribution in [0.3, 0.4) is 0 Å². The quantitative estimate of drug-likeness (QED) is 0.646. The van der Waals surface area contributed by atoms with E-state index in [4.69, 9.17) is 22.1 Å². The van der Waals surface area contributed by atoms with E-state index in [1.165, 1.54) is 6.33 Å². The fourth-order valence-corrected chi connectivity index (χ4v) is 1.57. The Morgan fingerprint density at radius 3 is 2.78 bits per heavy atom. The summed E-state index contributed by atoms with van der Waals surface area (Å²) in [4.78, 5) is 21.1. The number of aromatic nitrogens is 2. The summed E-state index contributed by atoms with van der Waals surface area (Å²) >= 11 is 5.84. The van der Waals surface area contributed by atoms with Crippen LogP contribution < -0.4 is 10.6 Å². The molecule has 0 saturated carbocycles. The minimum Gasteiger partial charge on any atom is -0.465 e. The molecule has 0 unspecified atom stereocenters. The highest BCUT2D eigenvalue weighted by atomic mass is 35.5. The molecule has 1 aromatic rings. The molecule has 0 bridgehead atoms. The Hall–Kier alpha value is -1.56. The van der Waals surface area contributed by atoms with Crippen molar-refractivity contribution < 1.29 is 9.53 Å². The molecule has 18 heavy (non-hydrogen) atoms. The molecule has 0 aliphatic heterocycles. The van der Waals surface area contributed by atoms with Crippen LogP contribution in [0.15, 0.2) is 6.33 Å². The molecular formula is C11H17ClN4O2. The molecule has 0 atom stereocenters. The summed E-state index contributed by atoms with van der Waals surface area (Å²) in [5, 5.41) is 0.175. The van der Waals surface area contributed by atoms with Gasteiger partial charge in [0.25, 0.3) is 0 Å². The third-order valence-corrected chi connectivity index (χ3v) is 2.62. The van der Waals surface area contributed by atoms with Gasteiger partial charge in [-0.2, -0.15) is 0 Å². The van der Waals surface area contributed by atoms with E-state index in [0.717, 1.165) is 0 Å². The van der Waals surface area contributed by atoms with Crippen LogP contribution in [0.2, 0.25) is 5.15 Å². The number of esters is 1. The first-order valence-corrected chi connectivity index (χ1v) is 6.03. The lowest BCUT2D eigenvalue weighted by atomic mass is 10.3. The molecule has 1 aromatic heterocycles. The Kier molecular flexibility index (Phi) is 5.15. The van der Waals surface area contributed by atoms with Crippen molar-refractivity contribution in [3.63, 3.8) is 0 Å². The third kappa shape index (κ3) is 3.46. The lowest BCUT2D eigenvalue weighted by molar-refractivity contribution is -0.141. The molecule has 1 rings (SSSR count). The van der Waals surface area contributed by atoms with Crippen LogP contribution in [0.5, 0.6) is 0 Å². The van der Waals surface area contributed by atoms with Crippen LogP contribution in [0.25, 0.3) is 0 Å². The summed E-state index contributed by atoms with van der Waals surface area (Å²) < 4.78 is 4.92. The van der Waals surface area contributed by atoms with E-state index in [1.807, 2.05) is 13.8 Å². The Labute approximate surface area is 111 Å². The predicted octanol–water partition coefficient (Wildman–Crippen LogP) is 1.49. The number of ether oxygens (including phenoxy) is 1. The van der Waals surface area contributed by atoms with Crippen molar-refractivity contribution in [1.82, 2.24) is 9.97 Å². The zero-order valence-electron chi connectivity index (χ0n) is 10.7. The van der Waals surface area contributed by atoms with E-state index in [0.29, 0.717) is 12.4 Å². The number of nitrogen functional groups attached to an aromatic ring is 1. The lowest BCUT2D eigenvalue weighted by Crippen LogP contribution is -2.37. The van der Waals surface area contributed by atoms with Crippen LogP contribution in [0.4, 0.5) is 11.5 Å². The van der Waals surface area contributed by atoms with Crippen LogP contribution in [0, 0.1) is 0 Å². The van der Waals surface area contributed by atoms with Gasteiger partial charge in [0.2, 0.25) is 0 Å². The number of carbonyl (C=O) groups excluding carboxylic acids is 1. The van der Waals surface area contributed by atoms with Crippen LogP contribution in [-0.4, -0.2) is 35.1 Å². The van der Waals surface area contributed by atoms with Crippen LogP contribution in [-0.2, 0) is 9.53 Å². The molecule has 1 heterocycles. The van der Waals surface area contributed by atoms with Crippen LogP contribution >= 0.6 is 11.6 Å². The maximum Gasteiger partial charge on any atom is 0.325 e. The summed E-state index contributed by atoms with van der Waals surface area (Å²) in [7, 11) is 0. The molecule has 100 valence electrons. The zero-order chi connectivity index (χ0) is 13.7. The highest BCUT2D eigenvalue weighted by Crippen LogP contribution is 2.26. The SMILES string of the molecule is CCOC(=O)CN(c1ncnc(Cl)c1N)C(C)C. The van der Waals surface area contributed by atoms with E-state index in [1.54, 1.807) is 11.8 Å². The largest absolute Gasteiger partial charge is 0.465 e. The lowest BCUT2D eigenvalue weighted by Gasteiger charge is -2.27. The fourth-order valence-electron chi connectivity index (χ4n) is 1.44. The zero-order valence-corrected chi connectivity index (χ0v) is 11.4. The van der Waals surface area contributed by atoms with E-state index < -0.39 is 0 Å². The average Bonchev–Trinajstić information content (AvgIpc) is 2.30. The monoisotopic (exact) mass is 272 g/mol. The van der Waals surface area contributed by atoms with Crippen molar-refractivity contribution >= 4 is 29.1 Å². The van der Waals surface area contributed by atoms with E-state index in [-0.39, 0.29) is 29.4 Å². The van der Waals surface area contributed by atoms with E-state index in [9.17, 15) is 4.79 Å². The standard InChI is InChI=1S/C11H17ClN4O2/c1-4-18-8(17)5-16(7(2)3)11-9(13)10(12)14-6-15-11/h6-7H,4-5,13H2,1-3H3. The number of nitrogens with zero attached hydrogens (tertiary/aromatic N) is 3. The van der Waals surface area contributed by atoms with Gasteiger partial charge in [0.15, 0.2) is 11.0 Å². The number of rotatable bonds is 5. The Morgan fingerprint density at radius 2 is 2.22 bits per heavy atom. The van der Waals surface area contributed by atoms with Gasteiger partial charge in [0.05, 0.1) is 6.61 Å². The normalized spacial score (nSPS) is 10.5. The highest BCUT2D eigenvalue weighted by Gasteiger charge is 2.20. The number of carbonyl (C=O) groups is 1. The number of anilines is 2. The first-order chi connectivity index (χ1) is 8.47. The van der Waals surface area contributed by atoms with Crippen molar-refractivity contribution in [2.24, 2.45) is 0 Å². The van der Waals surface area contributed by atoms with Gasteiger partial charge < -0.3 is 15.4 Å². The summed E-state index contributed by atoms with van der Waals surface area (Å²) in [5.41, 5.74) is 6.08. The highest BCUT2D eigenvalue weighted by molar-refractivity contribution is 6.32. The van der Waals surface area contributed by atoms with Gasteiger partial charge >= 0.3 is 5.97 Å². The van der Waals surface area contributed by atoms with Gasteiger partial charge in [0, 0.05) is 6.04 Å². The maximum atomic E-state index is 11.5.